The second-order valence-corrected chi connectivity index (χ2v) is 3.83. The van der Waals surface area contributed by atoms with Crippen LogP contribution in [-0.2, 0) is 4.79 Å². The van der Waals surface area contributed by atoms with Gasteiger partial charge in [0.1, 0.15) is 5.69 Å². The lowest BCUT2D eigenvalue weighted by Crippen LogP contribution is -2.38. The smallest absolute Gasteiger partial charge is 0.354 e. The van der Waals surface area contributed by atoms with Crippen molar-refractivity contribution in [1.82, 2.24) is 15.2 Å². The largest absolute Gasteiger partial charge is 0.477 e. The quantitative estimate of drug-likeness (QED) is 0.709. The van der Waals surface area contributed by atoms with E-state index in [9.17, 15) is 14.4 Å². The van der Waals surface area contributed by atoms with Gasteiger partial charge < -0.3 is 20.6 Å². The van der Waals surface area contributed by atoms with Gasteiger partial charge in [-0.15, -0.1) is 0 Å². The molecular formula is C11H14N4O4. The summed E-state index contributed by atoms with van der Waals surface area (Å²) in [5, 5.41) is 13.4. The Hall–Kier alpha value is -2.64. The Morgan fingerprint density at radius 2 is 2.00 bits per heavy atom. The minimum absolute atomic E-state index is 0.117. The molecule has 1 heterocycles. The zero-order valence-corrected chi connectivity index (χ0v) is 10.5. The Morgan fingerprint density at radius 3 is 2.47 bits per heavy atom. The maximum atomic E-state index is 11.4. The van der Waals surface area contributed by atoms with Crippen LogP contribution >= 0.6 is 0 Å². The Bertz CT molecular complexity index is 484. The number of carbonyl (C=O) groups excluding carboxylic acids is 2. The molecule has 102 valence electrons. The van der Waals surface area contributed by atoms with Gasteiger partial charge in [0.05, 0.1) is 18.4 Å². The molecule has 8 nitrogen and oxygen atoms in total. The van der Waals surface area contributed by atoms with E-state index in [-0.39, 0.29) is 18.1 Å². The van der Waals surface area contributed by atoms with Crippen LogP contribution in [0.4, 0.5) is 10.5 Å². The fourth-order valence-corrected chi connectivity index (χ4v) is 1.08. The Balaban J connectivity index is 2.48. The number of carbonyl (C=O) groups is 3. The van der Waals surface area contributed by atoms with Crippen molar-refractivity contribution in [3.8, 4) is 0 Å². The molecule has 0 aromatic carbocycles. The number of aromatic nitrogens is 1. The molecule has 0 spiro atoms. The monoisotopic (exact) mass is 266 g/mol. The summed E-state index contributed by atoms with van der Waals surface area (Å²) in [4.78, 5) is 38.2. The van der Waals surface area contributed by atoms with Crippen molar-refractivity contribution in [2.24, 2.45) is 0 Å². The summed E-state index contributed by atoms with van der Waals surface area (Å²) in [7, 11) is 3.16. The molecule has 19 heavy (non-hydrogen) atoms. The van der Waals surface area contributed by atoms with Crippen LogP contribution in [0.15, 0.2) is 18.3 Å². The zero-order valence-electron chi connectivity index (χ0n) is 10.5. The maximum Gasteiger partial charge on any atom is 0.354 e. The highest BCUT2D eigenvalue weighted by molar-refractivity contribution is 5.92. The predicted octanol–water partition coefficient (Wildman–Crippen LogP) is -0.0105. The Labute approximate surface area is 109 Å². The number of carboxylic acids is 1. The lowest BCUT2D eigenvalue weighted by atomic mass is 10.3. The lowest BCUT2D eigenvalue weighted by molar-refractivity contribution is -0.127. The van der Waals surface area contributed by atoms with Crippen molar-refractivity contribution in [2.75, 3.05) is 26.0 Å². The average molecular weight is 266 g/mol. The fraction of sp³-hybridized carbons (Fsp3) is 0.273. The number of anilines is 1. The van der Waals surface area contributed by atoms with Crippen molar-refractivity contribution in [3.63, 3.8) is 0 Å². The standard InChI is InChI=1S/C11H14N4O4/c1-15(2)9(16)6-13-11(19)14-7-3-4-8(10(17)18)12-5-7/h3-5H,6H2,1-2H3,(H,17,18)(H2,13,14,19). The van der Waals surface area contributed by atoms with E-state index in [4.69, 9.17) is 5.11 Å². The zero-order chi connectivity index (χ0) is 14.4. The second-order valence-electron chi connectivity index (χ2n) is 3.83. The molecule has 1 aromatic heterocycles. The minimum atomic E-state index is -1.15. The summed E-state index contributed by atoms with van der Waals surface area (Å²) in [5.74, 6) is -1.39. The molecular weight excluding hydrogens is 252 g/mol. The number of amides is 3. The fourth-order valence-electron chi connectivity index (χ4n) is 1.08. The van der Waals surface area contributed by atoms with E-state index >= 15 is 0 Å². The molecule has 0 bridgehead atoms. The summed E-state index contributed by atoms with van der Waals surface area (Å²) >= 11 is 0. The SMILES string of the molecule is CN(C)C(=O)CNC(=O)Nc1ccc(C(=O)O)nc1. The topological polar surface area (TPSA) is 112 Å². The van der Waals surface area contributed by atoms with Crippen molar-refractivity contribution >= 4 is 23.6 Å². The molecule has 3 N–H and O–H groups in total. The van der Waals surface area contributed by atoms with Crippen LogP contribution in [0.25, 0.3) is 0 Å². The molecule has 8 heteroatoms. The molecule has 0 unspecified atom stereocenters. The van der Waals surface area contributed by atoms with E-state index in [1.165, 1.54) is 23.2 Å². The van der Waals surface area contributed by atoms with Crippen LogP contribution in [0.3, 0.4) is 0 Å². The molecule has 0 aliphatic carbocycles. The van der Waals surface area contributed by atoms with Gasteiger partial charge in [-0.3, -0.25) is 4.79 Å². The van der Waals surface area contributed by atoms with Gasteiger partial charge in [0.15, 0.2) is 0 Å². The average Bonchev–Trinajstić information content (AvgIpc) is 2.36. The van der Waals surface area contributed by atoms with Crippen LogP contribution in [0.2, 0.25) is 0 Å². The Morgan fingerprint density at radius 1 is 1.32 bits per heavy atom. The number of rotatable bonds is 4. The third-order valence-electron chi connectivity index (χ3n) is 2.14. The normalized spacial score (nSPS) is 9.58. The van der Waals surface area contributed by atoms with E-state index in [1.54, 1.807) is 14.1 Å². The van der Waals surface area contributed by atoms with E-state index < -0.39 is 12.0 Å². The molecule has 0 radical (unpaired) electrons. The van der Waals surface area contributed by atoms with Gasteiger partial charge in [-0.05, 0) is 12.1 Å². The summed E-state index contributed by atoms with van der Waals surface area (Å²) < 4.78 is 0. The maximum absolute atomic E-state index is 11.4. The third-order valence-corrected chi connectivity index (χ3v) is 2.14. The number of pyridine rings is 1. The number of hydrogen-bond donors (Lipinski definition) is 3. The summed E-state index contributed by atoms with van der Waals surface area (Å²) in [6.45, 7) is -0.126. The molecule has 0 aliphatic rings. The highest BCUT2D eigenvalue weighted by Crippen LogP contribution is 2.05. The second kappa shape index (κ2) is 6.34. The van der Waals surface area contributed by atoms with Crippen LogP contribution in [0.5, 0.6) is 0 Å². The van der Waals surface area contributed by atoms with Crippen molar-refractivity contribution in [1.29, 1.82) is 0 Å². The lowest BCUT2D eigenvalue weighted by Gasteiger charge is -2.11. The van der Waals surface area contributed by atoms with Gasteiger partial charge in [-0.2, -0.15) is 0 Å². The van der Waals surface area contributed by atoms with Crippen LogP contribution in [0.1, 0.15) is 10.5 Å². The van der Waals surface area contributed by atoms with Crippen molar-refractivity contribution < 1.29 is 19.5 Å². The van der Waals surface area contributed by atoms with Gasteiger partial charge in [0.2, 0.25) is 5.91 Å². The summed E-state index contributed by atoms with van der Waals surface area (Å²) in [6, 6.07) is 2.10. The first-order chi connectivity index (χ1) is 8.90. The third kappa shape index (κ3) is 4.62. The van der Waals surface area contributed by atoms with Crippen LogP contribution in [-0.4, -0.2) is 53.5 Å². The molecule has 1 aromatic rings. The number of hydrogen-bond acceptors (Lipinski definition) is 4. The van der Waals surface area contributed by atoms with E-state index in [0.717, 1.165) is 0 Å². The molecule has 0 atom stereocenters. The highest BCUT2D eigenvalue weighted by atomic mass is 16.4. The molecule has 0 fully saturated rings. The van der Waals surface area contributed by atoms with Gasteiger partial charge in [-0.1, -0.05) is 0 Å². The molecule has 1 rings (SSSR count). The van der Waals surface area contributed by atoms with Crippen molar-refractivity contribution in [3.05, 3.63) is 24.0 Å². The van der Waals surface area contributed by atoms with Crippen molar-refractivity contribution in [2.45, 2.75) is 0 Å². The number of likely N-dealkylation sites (N-methyl/N-ethyl adjacent to an activating group) is 1. The Kier molecular flexibility index (Phi) is 4.81. The number of carboxylic acid groups (broad SMARTS) is 1. The summed E-state index contributed by atoms with van der Waals surface area (Å²) in [5.41, 5.74) is 0.216. The van der Waals surface area contributed by atoms with E-state index in [2.05, 4.69) is 15.6 Å². The summed E-state index contributed by atoms with van der Waals surface area (Å²) in [6.07, 6.45) is 1.22. The first kappa shape index (κ1) is 14.4. The van der Waals surface area contributed by atoms with E-state index in [0.29, 0.717) is 5.69 Å². The predicted molar refractivity (Wildman–Crippen MR) is 66.9 cm³/mol. The highest BCUT2D eigenvalue weighted by Gasteiger charge is 2.08. The van der Waals surface area contributed by atoms with Crippen LogP contribution < -0.4 is 10.6 Å². The molecule has 3 amide bonds. The number of urea groups is 1. The van der Waals surface area contributed by atoms with Gasteiger partial charge in [-0.25, -0.2) is 14.6 Å². The first-order valence-corrected chi connectivity index (χ1v) is 5.34. The molecule has 0 saturated heterocycles. The number of aromatic carboxylic acids is 1. The number of nitrogens with zero attached hydrogens (tertiary/aromatic N) is 2. The minimum Gasteiger partial charge on any atom is -0.477 e. The van der Waals surface area contributed by atoms with Crippen LogP contribution in [0, 0.1) is 0 Å². The van der Waals surface area contributed by atoms with Gasteiger partial charge >= 0.3 is 12.0 Å². The number of nitrogens with one attached hydrogen (secondary N) is 2. The van der Waals surface area contributed by atoms with E-state index in [1.807, 2.05) is 0 Å². The first-order valence-electron chi connectivity index (χ1n) is 5.34. The molecule has 0 aliphatic heterocycles. The van der Waals surface area contributed by atoms with Gasteiger partial charge in [0, 0.05) is 14.1 Å². The van der Waals surface area contributed by atoms with Gasteiger partial charge in [0.25, 0.3) is 0 Å². The molecule has 0 saturated carbocycles.